The van der Waals surface area contributed by atoms with Gasteiger partial charge in [-0.25, -0.2) is 4.79 Å². The average Bonchev–Trinajstić information content (AvgIpc) is 2.49. The van der Waals surface area contributed by atoms with Gasteiger partial charge in [0.1, 0.15) is 0 Å². The largest absolute Gasteiger partial charge is 0.399 e. The Kier molecular flexibility index (Phi) is 6.60. The van der Waals surface area contributed by atoms with Crippen LogP contribution in [0.3, 0.4) is 0 Å². The lowest BCUT2D eigenvalue weighted by Gasteiger charge is -2.17. The zero-order chi connectivity index (χ0) is 15.8. The number of carbonyl (C=O) groups is 1. The number of hydrogen-bond donors (Lipinski definition) is 0. The number of aromatic nitrogens is 1. The van der Waals surface area contributed by atoms with E-state index in [1.54, 1.807) is 12.2 Å². The third-order valence-corrected chi connectivity index (χ3v) is 3.14. The lowest BCUT2D eigenvalue weighted by Crippen LogP contribution is -2.44. The van der Waals surface area contributed by atoms with Gasteiger partial charge in [-0.2, -0.15) is 4.57 Å². The van der Waals surface area contributed by atoms with Gasteiger partial charge in [-0.05, 0) is 18.6 Å². The summed E-state index contributed by atoms with van der Waals surface area (Å²) < 4.78 is 7.58. The molecule has 0 spiro atoms. The maximum absolute atomic E-state index is 12.2. The van der Waals surface area contributed by atoms with Crippen LogP contribution in [0.5, 0.6) is 0 Å². The first-order chi connectivity index (χ1) is 10.0. The van der Waals surface area contributed by atoms with Crippen LogP contribution in [0.25, 0.3) is 0 Å². The van der Waals surface area contributed by atoms with Crippen LogP contribution in [0.15, 0.2) is 61.5 Å². The second kappa shape index (κ2) is 8.20. The van der Waals surface area contributed by atoms with E-state index >= 15 is 0 Å². The van der Waals surface area contributed by atoms with Crippen molar-refractivity contribution in [1.82, 2.24) is 0 Å². The zero-order valence-electron chi connectivity index (χ0n) is 13.1. The van der Waals surface area contributed by atoms with Crippen molar-refractivity contribution in [2.75, 3.05) is 0 Å². The van der Waals surface area contributed by atoms with Crippen LogP contribution in [-0.4, -0.2) is 5.97 Å². The lowest BCUT2D eigenvalue weighted by molar-refractivity contribution is -0.763. The number of pyridine rings is 1. The monoisotopic (exact) mass is 286 g/mol. The smallest absolute Gasteiger partial charge is 0.343 e. The molecule has 3 nitrogen and oxygen atoms in total. The van der Waals surface area contributed by atoms with Crippen molar-refractivity contribution in [2.45, 2.75) is 33.4 Å². The molecule has 1 rings (SSSR count). The molecule has 0 fully saturated rings. The minimum Gasteiger partial charge on any atom is -0.399 e. The number of esters is 1. The molecule has 1 atom stereocenters. The number of aryl methyl sites for hydroxylation is 1. The van der Waals surface area contributed by atoms with E-state index in [0.717, 1.165) is 6.42 Å². The van der Waals surface area contributed by atoms with Crippen LogP contribution in [0.2, 0.25) is 0 Å². The highest BCUT2D eigenvalue weighted by atomic mass is 16.6. The Morgan fingerprint density at radius 3 is 2.67 bits per heavy atom. The topological polar surface area (TPSA) is 30.2 Å². The maximum Gasteiger partial charge on any atom is 0.343 e. The molecule has 0 aliphatic rings. The van der Waals surface area contributed by atoms with E-state index in [1.165, 1.54) is 11.6 Å². The van der Waals surface area contributed by atoms with Crippen molar-refractivity contribution in [1.29, 1.82) is 0 Å². The highest BCUT2D eigenvalue weighted by molar-refractivity contribution is 5.91. The molecule has 0 bridgehead atoms. The van der Waals surface area contributed by atoms with Crippen LogP contribution in [0.1, 0.15) is 32.6 Å². The summed E-state index contributed by atoms with van der Waals surface area (Å²) in [6.07, 6.45) is 9.15. The Bertz CT molecular complexity index is 544. The van der Waals surface area contributed by atoms with Gasteiger partial charge in [0.2, 0.25) is 0 Å². The van der Waals surface area contributed by atoms with E-state index in [1.807, 2.05) is 36.9 Å². The van der Waals surface area contributed by atoms with Crippen LogP contribution in [0.4, 0.5) is 0 Å². The number of carbonyl (C=O) groups excluding carboxylic acids is 1. The highest BCUT2D eigenvalue weighted by Gasteiger charge is 2.27. The normalized spacial score (nSPS) is 12.9. The fourth-order valence-electron chi connectivity index (χ4n) is 1.98. The van der Waals surface area contributed by atoms with Crippen LogP contribution in [-0.2, 0) is 16.0 Å². The summed E-state index contributed by atoms with van der Waals surface area (Å²) in [5, 5.41) is 0. The molecule has 0 aliphatic carbocycles. The average molecular weight is 286 g/mol. The summed E-state index contributed by atoms with van der Waals surface area (Å²) in [6, 6.07) is 4.03. The molecule has 0 amide bonds. The summed E-state index contributed by atoms with van der Waals surface area (Å²) in [5.74, 6) is -0.237. The Morgan fingerprint density at radius 2 is 2.14 bits per heavy atom. The molecule has 0 saturated carbocycles. The molecule has 0 saturated heterocycles. The molecule has 3 heteroatoms. The van der Waals surface area contributed by atoms with Gasteiger partial charge in [0.05, 0.1) is 11.5 Å². The summed E-state index contributed by atoms with van der Waals surface area (Å²) >= 11 is 0. The second-order valence-corrected chi connectivity index (χ2v) is 5.11. The molecule has 21 heavy (non-hydrogen) atoms. The molecular formula is C18H24NO2+. The van der Waals surface area contributed by atoms with Crippen molar-refractivity contribution < 1.29 is 14.1 Å². The first-order valence-corrected chi connectivity index (χ1v) is 7.19. The molecule has 0 aliphatic heterocycles. The van der Waals surface area contributed by atoms with E-state index in [0.29, 0.717) is 5.57 Å². The third-order valence-electron chi connectivity index (χ3n) is 3.14. The van der Waals surface area contributed by atoms with E-state index < -0.39 is 5.97 Å². The molecule has 0 aromatic carbocycles. The molecular weight excluding hydrogens is 262 g/mol. The van der Waals surface area contributed by atoms with Gasteiger partial charge in [-0.15, -0.1) is 0 Å². The van der Waals surface area contributed by atoms with Gasteiger partial charge in [-0.3, -0.25) is 0 Å². The molecule has 112 valence electrons. The predicted octanol–water partition coefficient (Wildman–Crippen LogP) is 3.53. The van der Waals surface area contributed by atoms with Crippen molar-refractivity contribution in [3.63, 3.8) is 0 Å². The molecule has 0 N–H and O–H groups in total. The minimum atomic E-state index is -0.391. The van der Waals surface area contributed by atoms with Crippen molar-refractivity contribution in [2.24, 2.45) is 5.92 Å². The third kappa shape index (κ3) is 4.71. The van der Waals surface area contributed by atoms with Gasteiger partial charge < -0.3 is 4.74 Å². The summed E-state index contributed by atoms with van der Waals surface area (Å²) in [5.41, 5.74) is 1.60. The summed E-state index contributed by atoms with van der Waals surface area (Å²) in [6.45, 7) is 13.4. The number of rotatable bonds is 7. The fourth-order valence-corrected chi connectivity index (χ4v) is 1.98. The molecule has 1 aromatic heterocycles. The Labute approximate surface area is 127 Å². The Hall–Kier alpha value is -2.16. The summed E-state index contributed by atoms with van der Waals surface area (Å²) in [7, 11) is 0. The highest BCUT2D eigenvalue weighted by Crippen LogP contribution is 2.16. The minimum absolute atomic E-state index is 0.154. The SMILES string of the molecule is C=C/C=C(\C=C)C(=O)OC(C(C)C)[n+]1cccc(CC)c1. The van der Waals surface area contributed by atoms with E-state index in [2.05, 4.69) is 26.1 Å². The summed E-state index contributed by atoms with van der Waals surface area (Å²) in [4.78, 5) is 12.2. The number of ether oxygens (including phenoxy) is 1. The maximum atomic E-state index is 12.2. The van der Waals surface area contributed by atoms with Crippen LogP contribution >= 0.6 is 0 Å². The Morgan fingerprint density at radius 1 is 1.43 bits per heavy atom. The van der Waals surface area contributed by atoms with E-state index in [9.17, 15) is 4.79 Å². The van der Waals surface area contributed by atoms with Crippen molar-refractivity contribution in [3.05, 3.63) is 67.0 Å². The molecule has 1 heterocycles. The van der Waals surface area contributed by atoms with Crippen molar-refractivity contribution >= 4 is 5.97 Å². The first kappa shape index (κ1) is 16.9. The van der Waals surface area contributed by atoms with E-state index in [-0.39, 0.29) is 12.1 Å². The van der Waals surface area contributed by atoms with Gasteiger partial charge in [-0.1, -0.05) is 46.1 Å². The fraction of sp³-hybridized carbons (Fsp3) is 0.333. The predicted molar refractivity (Wildman–Crippen MR) is 84.5 cm³/mol. The Balaban J connectivity index is 3.02. The van der Waals surface area contributed by atoms with Gasteiger partial charge in [0.25, 0.3) is 0 Å². The number of nitrogens with zero attached hydrogens (tertiary/aromatic N) is 1. The van der Waals surface area contributed by atoms with Crippen LogP contribution < -0.4 is 4.57 Å². The lowest BCUT2D eigenvalue weighted by atomic mass is 10.1. The standard InChI is InChI=1S/C18H24NO2/c1-6-10-16(8-3)18(20)21-17(14(4)5)19-12-9-11-15(7-2)13-19/h6,8-14,17H,1,3,7H2,2,4-5H3/q+1/b16-10+. The zero-order valence-corrected chi connectivity index (χ0v) is 13.1. The van der Waals surface area contributed by atoms with E-state index in [4.69, 9.17) is 4.74 Å². The number of hydrogen-bond acceptors (Lipinski definition) is 2. The van der Waals surface area contributed by atoms with Crippen molar-refractivity contribution in [3.8, 4) is 0 Å². The number of allylic oxidation sites excluding steroid dienone is 2. The van der Waals surface area contributed by atoms with Gasteiger partial charge in [0, 0.05) is 11.6 Å². The molecule has 0 radical (unpaired) electrons. The van der Waals surface area contributed by atoms with Gasteiger partial charge in [0.15, 0.2) is 12.4 Å². The quantitative estimate of drug-likeness (QED) is 0.332. The molecule has 1 aromatic rings. The van der Waals surface area contributed by atoms with Crippen LogP contribution in [0, 0.1) is 5.92 Å². The molecule has 1 unspecified atom stereocenters. The first-order valence-electron chi connectivity index (χ1n) is 7.19. The second-order valence-electron chi connectivity index (χ2n) is 5.11. The van der Waals surface area contributed by atoms with Gasteiger partial charge >= 0.3 is 12.2 Å².